The highest BCUT2D eigenvalue weighted by Gasteiger charge is 2.58. The van der Waals surface area contributed by atoms with Crippen LogP contribution in [0.25, 0.3) is 11.0 Å². The lowest BCUT2D eigenvalue weighted by Gasteiger charge is -2.42. The van der Waals surface area contributed by atoms with Crippen molar-refractivity contribution in [2.24, 2.45) is 7.05 Å². The average Bonchev–Trinajstić information content (AvgIpc) is 3.30. The molecule has 3 aromatic rings. The number of ether oxygens (including phenoxy) is 1. The van der Waals surface area contributed by atoms with Crippen LogP contribution < -0.4 is 4.74 Å². The molecule has 0 aliphatic carbocycles. The second-order valence-corrected chi connectivity index (χ2v) is 10.2. The molecule has 2 aliphatic heterocycles. The van der Waals surface area contributed by atoms with Crippen LogP contribution in [0.15, 0.2) is 48.5 Å². The Morgan fingerprint density at radius 3 is 2.36 bits per heavy atom. The van der Waals surface area contributed by atoms with Crippen molar-refractivity contribution in [3.05, 3.63) is 59.9 Å². The molecule has 8 nitrogen and oxygen atoms in total. The summed E-state index contributed by atoms with van der Waals surface area (Å²) in [5.41, 5.74) is 2.47. The number of nitrogens with zero attached hydrogens (tertiary/aromatic N) is 5. The van der Waals surface area contributed by atoms with E-state index >= 15 is 0 Å². The van der Waals surface area contributed by atoms with Crippen molar-refractivity contribution in [1.82, 2.24) is 24.3 Å². The topological polar surface area (TPSA) is 70.9 Å². The largest absolute Gasteiger partial charge is 0.497 e. The van der Waals surface area contributed by atoms with E-state index in [1.165, 1.54) is 4.90 Å². The summed E-state index contributed by atoms with van der Waals surface area (Å²) in [6.07, 6.45) is 1.96. The number of urea groups is 1. The Morgan fingerprint density at radius 2 is 1.72 bits per heavy atom. The summed E-state index contributed by atoms with van der Waals surface area (Å²) in [4.78, 5) is 37.6. The molecular formula is C28H35N5O3. The zero-order valence-electron chi connectivity index (χ0n) is 21.6. The summed E-state index contributed by atoms with van der Waals surface area (Å²) in [5.74, 6) is 1.78. The van der Waals surface area contributed by atoms with E-state index < -0.39 is 5.54 Å². The Labute approximate surface area is 212 Å². The molecule has 0 N–H and O–H groups in total. The number of carbonyl (C=O) groups excluding carboxylic acids is 2. The molecule has 0 unspecified atom stereocenters. The van der Waals surface area contributed by atoms with Crippen LogP contribution in [0.5, 0.6) is 5.75 Å². The third-order valence-corrected chi connectivity index (χ3v) is 7.80. The number of imide groups is 1. The van der Waals surface area contributed by atoms with Gasteiger partial charge in [0.2, 0.25) is 0 Å². The van der Waals surface area contributed by atoms with Crippen molar-refractivity contribution in [2.75, 3.05) is 26.7 Å². The first-order valence-corrected chi connectivity index (χ1v) is 12.7. The highest BCUT2D eigenvalue weighted by molar-refractivity contribution is 6.07. The molecule has 1 aromatic heterocycles. The SMILES string of the molecule is COc1ccc(CCN2C(=O)N(C(C)C)C(=O)C23CCN(Cc2nc4ccccc4n2C)CC3)cc1. The Kier molecular flexibility index (Phi) is 6.47. The van der Waals surface area contributed by atoms with E-state index in [4.69, 9.17) is 9.72 Å². The second-order valence-electron chi connectivity index (χ2n) is 10.2. The van der Waals surface area contributed by atoms with Crippen molar-refractivity contribution in [3.8, 4) is 5.75 Å². The second kappa shape index (κ2) is 9.58. The summed E-state index contributed by atoms with van der Waals surface area (Å²) in [7, 11) is 3.70. The summed E-state index contributed by atoms with van der Waals surface area (Å²) in [6, 6.07) is 15.7. The van der Waals surface area contributed by atoms with E-state index in [1.54, 1.807) is 7.11 Å². The van der Waals surface area contributed by atoms with Gasteiger partial charge in [-0.05, 0) is 62.9 Å². The maximum atomic E-state index is 13.7. The van der Waals surface area contributed by atoms with Crippen molar-refractivity contribution in [2.45, 2.75) is 51.2 Å². The maximum absolute atomic E-state index is 13.7. The van der Waals surface area contributed by atoms with Gasteiger partial charge in [0.05, 0.1) is 24.7 Å². The van der Waals surface area contributed by atoms with Crippen LogP contribution in [0.3, 0.4) is 0 Å². The van der Waals surface area contributed by atoms with E-state index in [1.807, 2.05) is 61.2 Å². The van der Waals surface area contributed by atoms with Crippen molar-refractivity contribution < 1.29 is 14.3 Å². The number of benzene rings is 2. The van der Waals surface area contributed by atoms with E-state index in [-0.39, 0.29) is 18.0 Å². The van der Waals surface area contributed by atoms with Crippen LogP contribution in [0.2, 0.25) is 0 Å². The number of aryl methyl sites for hydroxylation is 1. The first kappa shape index (κ1) is 24.3. The van der Waals surface area contributed by atoms with E-state index in [0.717, 1.165) is 47.8 Å². The molecular weight excluding hydrogens is 454 g/mol. The van der Waals surface area contributed by atoms with Gasteiger partial charge in [-0.3, -0.25) is 14.6 Å². The van der Waals surface area contributed by atoms with Gasteiger partial charge in [0, 0.05) is 32.7 Å². The number of rotatable bonds is 7. The van der Waals surface area contributed by atoms with Crippen LogP contribution in [0.4, 0.5) is 4.79 Å². The third-order valence-electron chi connectivity index (χ3n) is 7.80. The van der Waals surface area contributed by atoms with Crippen LogP contribution in [-0.4, -0.2) is 74.5 Å². The number of imidazole rings is 1. The monoisotopic (exact) mass is 489 g/mol. The van der Waals surface area contributed by atoms with Crippen LogP contribution in [-0.2, 0) is 24.8 Å². The Balaban J connectivity index is 1.32. The average molecular weight is 490 g/mol. The highest BCUT2D eigenvalue weighted by Crippen LogP contribution is 2.38. The molecule has 36 heavy (non-hydrogen) atoms. The molecule has 5 rings (SSSR count). The van der Waals surface area contributed by atoms with E-state index in [0.29, 0.717) is 25.8 Å². The molecule has 0 radical (unpaired) electrons. The van der Waals surface area contributed by atoms with Crippen LogP contribution in [0.1, 0.15) is 38.1 Å². The maximum Gasteiger partial charge on any atom is 0.327 e. The van der Waals surface area contributed by atoms with Gasteiger partial charge in [0.1, 0.15) is 17.1 Å². The number of methoxy groups -OCH3 is 1. The molecule has 0 atom stereocenters. The smallest absolute Gasteiger partial charge is 0.327 e. The predicted octanol–water partition coefficient (Wildman–Crippen LogP) is 3.83. The Bertz CT molecular complexity index is 1260. The van der Waals surface area contributed by atoms with Gasteiger partial charge in [0.25, 0.3) is 5.91 Å². The summed E-state index contributed by atoms with van der Waals surface area (Å²) in [5, 5.41) is 0. The summed E-state index contributed by atoms with van der Waals surface area (Å²) in [6.45, 7) is 6.56. The molecule has 0 bridgehead atoms. The lowest BCUT2D eigenvalue weighted by molar-refractivity contribution is -0.136. The van der Waals surface area contributed by atoms with Crippen LogP contribution >= 0.6 is 0 Å². The summed E-state index contributed by atoms with van der Waals surface area (Å²) < 4.78 is 7.40. The predicted molar refractivity (Wildman–Crippen MR) is 139 cm³/mol. The minimum absolute atomic E-state index is 0.0420. The fourth-order valence-corrected chi connectivity index (χ4v) is 5.64. The molecule has 3 amide bonds. The van der Waals surface area contributed by atoms with Gasteiger partial charge in [-0.25, -0.2) is 9.78 Å². The zero-order valence-corrected chi connectivity index (χ0v) is 21.6. The fraction of sp³-hybridized carbons (Fsp3) is 0.464. The number of carbonyl (C=O) groups is 2. The van der Waals surface area contributed by atoms with Gasteiger partial charge in [0.15, 0.2) is 0 Å². The molecule has 190 valence electrons. The number of hydrogen-bond donors (Lipinski definition) is 0. The molecule has 2 aromatic carbocycles. The van der Waals surface area contributed by atoms with Crippen molar-refractivity contribution in [1.29, 1.82) is 0 Å². The lowest BCUT2D eigenvalue weighted by Crippen LogP contribution is -2.57. The normalized spacial score (nSPS) is 18.2. The minimum Gasteiger partial charge on any atom is -0.497 e. The Hall–Kier alpha value is -3.39. The van der Waals surface area contributed by atoms with Gasteiger partial charge in [-0.15, -0.1) is 0 Å². The van der Waals surface area contributed by atoms with E-state index in [2.05, 4.69) is 22.6 Å². The molecule has 0 saturated carbocycles. The van der Waals surface area contributed by atoms with Gasteiger partial charge >= 0.3 is 6.03 Å². The molecule has 8 heteroatoms. The first-order valence-electron chi connectivity index (χ1n) is 12.7. The number of amides is 3. The van der Waals surface area contributed by atoms with Gasteiger partial charge in [-0.2, -0.15) is 0 Å². The number of hydrogen-bond acceptors (Lipinski definition) is 5. The minimum atomic E-state index is -0.767. The fourth-order valence-electron chi connectivity index (χ4n) is 5.64. The number of fused-ring (bicyclic) bond motifs is 1. The van der Waals surface area contributed by atoms with Gasteiger partial charge < -0.3 is 14.2 Å². The number of aromatic nitrogens is 2. The van der Waals surface area contributed by atoms with E-state index in [9.17, 15) is 9.59 Å². The number of likely N-dealkylation sites (tertiary alicyclic amines) is 1. The molecule has 2 fully saturated rings. The highest BCUT2D eigenvalue weighted by atomic mass is 16.5. The van der Waals surface area contributed by atoms with Crippen LogP contribution in [0, 0.1) is 0 Å². The molecule has 3 heterocycles. The number of piperidine rings is 1. The molecule has 2 saturated heterocycles. The lowest BCUT2D eigenvalue weighted by atomic mass is 9.85. The van der Waals surface area contributed by atoms with Gasteiger partial charge in [-0.1, -0.05) is 24.3 Å². The summed E-state index contributed by atoms with van der Waals surface area (Å²) >= 11 is 0. The van der Waals surface area contributed by atoms with Crippen molar-refractivity contribution in [3.63, 3.8) is 0 Å². The third kappa shape index (κ3) is 4.13. The quantitative estimate of drug-likeness (QED) is 0.472. The Morgan fingerprint density at radius 1 is 1.03 bits per heavy atom. The molecule has 2 aliphatic rings. The standard InChI is InChI=1S/C28H35N5O3/c1-20(2)33-26(34)28(32(27(33)35)16-13-21-9-11-22(36-4)12-10-21)14-17-31(18-15-28)19-25-29-23-7-5-6-8-24(23)30(25)3/h5-12,20H,13-19H2,1-4H3. The van der Waals surface area contributed by atoms with Crippen molar-refractivity contribution >= 4 is 23.0 Å². The zero-order chi connectivity index (χ0) is 25.4. The first-order chi connectivity index (χ1) is 17.3. The number of para-hydroxylation sites is 2. The molecule has 1 spiro atoms.